The normalized spacial score (nSPS) is 21.0. The van der Waals surface area contributed by atoms with Gasteiger partial charge in [0.1, 0.15) is 11.6 Å². The van der Waals surface area contributed by atoms with Crippen LogP contribution in [0, 0.1) is 24.5 Å². The van der Waals surface area contributed by atoms with Crippen LogP contribution in [0.1, 0.15) is 48.1 Å². The molecular formula is C21H24F2O. The first kappa shape index (κ1) is 17.1. The van der Waals surface area contributed by atoms with Gasteiger partial charge in [0.25, 0.3) is 0 Å². The minimum atomic E-state index is -0.468. The molecule has 3 rings (SSSR count). The zero-order chi connectivity index (χ0) is 17.1. The van der Waals surface area contributed by atoms with Crippen LogP contribution in [-0.4, -0.2) is 6.61 Å². The van der Waals surface area contributed by atoms with Gasteiger partial charge >= 0.3 is 0 Å². The van der Waals surface area contributed by atoms with Crippen LogP contribution >= 0.6 is 0 Å². The van der Waals surface area contributed by atoms with Gasteiger partial charge in [-0.05, 0) is 67.3 Å². The lowest BCUT2D eigenvalue weighted by Crippen LogP contribution is -2.18. The Morgan fingerprint density at radius 3 is 2.17 bits per heavy atom. The van der Waals surface area contributed by atoms with Crippen molar-refractivity contribution >= 4 is 0 Å². The molecule has 0 radical (unpaired) electrons. The molecule has 2 unspecified atom stereocenters. The molecule has 2 aromatic carbocycles. The van der Waals surface area contributed by atoms with E-state index >= 15 is 0 Å². The molecule has 0 bridgehead atoms. The summed E-state index contributed by atoms with van der Waals surface area (Å²) in [5, 5.41) is 0. The minimum Gasteiger partial charge on any atom is -0.373 e. The molecule has 24 heavy (non-hydrogen) atoms. The lowest BCUT2D eigenvalue weighted by molar-refractivity contribution is -0.0123. The van der Waals surface area contributed by atoms with E-state index in [1.54, 1.807) is 0 Å². The molecule has 0 aromatic heterocycles. The molecule has 2 aromatic rings. The molecule has 0 N–H and O–H groups in total. The number of hydrogen-bond donors (Lipinski definition) is 0. The first-order valence-electron chi connectivity index (χ1n) is 8.68. The van der Waals surface area contributed by atoms with E-state index in [-0.39, 0.29) is 11.7 Å². The van der Waals surface area contributed by atoms with Crippen LogP contribution in [-0.2, 0) is 17.6 Å². The Labute approximate surface area is 142 Å². The molecule has 0 spiro atoms. The van der Waals surface area contributed by atoms with Crippen molar-refractivity contribution in [2.45, 2.75) is 45.6 Å². The van der Waals surface area contributed by atoms with Gasteiger partial charge in [-0.1, -0.05) is 31.2 Å². The Morgan fingerprint density at radius 2 is 1.58 bits per heavy atom. The maximum atomic E-state index is 13.6. The molecule has 1 fully saturated rings. The van der Waals surface area contributed by atoms with Gasteiger partial charge < -0.3 is 4.74 Å². The fraction of sp³-hybridized carbons (Fsp3) is 0.429. The van der Waals surface area contributed by atoms with Crippen molar-refractivity contribution in [1.29, 1.82) is 0 Å². The summed E-state index contributed by atoms with van der Waals surface area (Å²) in [6.45, 7) is 4.51. The van der Waals surface area contributed by atoms with Crippen LogP contribution in [0.4, 0.5) is 8.78 Å². The minimum absolute atomic E-state index is 0.0879. The molecule has 0 aliphatic carbocycles. The summed E-state index contributed by atoms with van der Waals surface area (Å²) >= 11 is 0. The van der Waals surface area contributed by atoms with Crippen LogP contribution in [0.15, 0.2) is 36.4 Å². The molecule has 1 aliphatic rings. The maximum Gasteiger partial charge on any atom is 0.129 e. The number of ether oxygens (including phenoxy) is 1. The quantitative estimate of drug-likeness (QED) is 0.714. The number of aryl methyl sites for hydroxylation is 2. The van der Waals surface area contributed by atoms with Gasteiger partial charge in [0.2, 0.25) is 0 Å². The molecule has 3 heteroatoms. The van der Waals surface area contributed by atoms with Gasteiger partial charge in [-0.3, -0.25) is 0 Å². The lowest BCUT2D eigenvalue weighted by atomic mass is 9.95. The van der Waals surface area contributed by atoms with Crippen molar-refractivity contribution in [3.8, 4) is 0 Å². The third-order valence-corrected chi connectivity index (χ3v) is 4.90. The molecule has 0 saturated carbocycles. The largest absolute Gasteiger partial charge is 0.373 e. The molecule has 1 nitrogen and oxygen atoms in total. The van der Waals surface area contributed by atoms with Crippen LogP contribution < -0.4 is 0 Å². The summed E-state index contributed by atoms with van der Waals surface area (Å²) in [7, 11) is 0. The Hall–Kier alpha value is -1.74. The van der Waals surface area contributed by atoms with Crippen LogP contribution in [0.3, 0.4) is 0 Å². The second kappa shape index (κ2) is 7.43. The van der Waals surface area contributed by atoms with Crippen molar-refractivity contribution in [2.75, 3.05) is 6.61 Å². The van der Waals surface area contributed by atoms with Crippen molar-refractivity contribution < 1.29 is 13.5 Å². The third-order valence-electron chi connectivity index (χ3n) is 4.90. The van der Waals surface area contributed by atoms with E-state index in [1.807, 2.05) is 0 Å². The summed E-state index contributed by atoms with van der Waals surface area (Å²) < 4.78 is 33.1. The highest BCUT2D eigenvalue weighted by molar-refractivity contribution is 5.28. The van der Waals surface area contributed by atoms with E-state index in [1.165, 1.54) is 36.6 Å². The van der Waals surface area contributed by atoms with Crippen molar-refractivity contribution in [3.05, 3.63) is 70.3 Å². The standard InChI is InChI=1S/C21H24F2O/c1-14-3-10-21(24-13-14)18-8-6-16(7-9-18)4-5-17-11-19(22)15(2)20(23)12-17/h6-9,11-12,14,21H,3-5,10,13H2,1-2H3. The predicted octanol–water partition coefficient (Wildman–Crippen LogP) is 5.55. The van der Waals surface area contributed by atoms with Gasteiger partial charge in [-0.25, -0.2) is 8.78 Å². The Bertz CT molecular complexity index is 662. The average Bonchev–Trinajstić information content (AvgIpc) is 2.59. The fourth-order valence-corrected chi connectivity index (χ4v) is 3.18. The molecule has 0 amide bonds. The van der Waals surface area contributed by atoms with Gasteiger partial charge in [-0.15, -0.1) is 0 Å². The Kier molecular flexibility index (Phi) is 5.30. The number of rotatable bonds is 4. The Morgan fingerprint density at radius 1 is 0.958 bits per heavy atom. The number of benzene rings is 2. The fourth-order valence-electron chi connectivity index (χ4n) is 3.18. The zero-order valence-corrected chi connectivity index (χ0v) is 14.3. The molecule has 2 atom stereocenters. The highest BCUT2D eigenvalue weighted by Gasteiger charge is 2.20. The highest BCUT2D eigenvalue weighted by atomic mass is 19.1. The second-order valence-electron chi connectivity index (χ2n) is 6.93. The molecule has 1 heterocycles. The summed E-state index contributed by atoms with van der Waals surface area (Å²) in [6.07, 6.45) is 3.88. The topological polar surface area (TPSA) is 9.23 Å². The van der Waals surface area contributed by atoms with Gasteiger partial charge in [0.05, 0.1) is 6.10 Å². The van der Waals surface area contributed by atoms with E-state index < -0.39 is 11.6 Å². The maximum absolute atomic E-state index is 13.6. The van der Waals surface area contributed by atoms with E-state index in [9.17, 15) is 8.78 Å². The van der Waals surface area contributed by atoms with Gasteiger partial charge in [0, 0.05) is 12.2 Å². The Balaban J connectivity index is 1.60. The summed E-state index contributed by atoms with van der Waals surface area (Å²) in [5.41, 5.74) is 3.18. The predicted molar refractivity (Wildman–Crippen MR) is 92.0 cm³/mol. The zero-order valence-electron chi connectivity index (χ0n) is 14.3. The number of hydrogen-bond acceptors (Lipinski definition) is 1. The number of halogens is 2. The molecular weight excluding hydrogens is 306 g/mol. The van der Waals surface area contributed by atoms with Gasteiger partial charge in [-0.2, -0.15) is 0 Å². The van der Waals surface area contributed by atoms with Crippen molar-refractivity contribution in [3.63, 3.8) is 0 Å². The summed E-state index contributed by atoms with van der Waals surface area (Å²) in [5.74, 6) is -0.288. The lowest BCUT2D eigenvalue weighted by Gasteiger charge is -2.27. The molecule has 1 saturated heterocycles. The summed E-state index contributed by atoms with van der Waals surface area (Å²) in [4.78, 5) is 0. The van der Waals surface area contributed by atoms with Crippen molar-refractivity contribution in [2.24, 2.45) is 5.92 Å². The average molecular weight is 330 g/mol. The van der Waals surface area contributed by atoms with Gasteiger partial charge in [0.15, 0.2) is 0 Å². The molecule has 128 valence electrons. The summed E-state index contributed by atoms with van der Waals surface area (Å²) in [6, 6.07) is 11.3. The van der Waals surface area contributed by atoms with E-state index in [0.29, 0.717) is 17.9 Å². The first-order chi connectivity index (χ1) is 11.5. The van der Waals surface area contributed by atoms with Crippen LogP contribution in [0.25, 0.3) is 0 Å². The monoisotopic (exact) mass is 330 g/mol. The highest BCUT2D eigenvalue weighted by Crippen LogP contribution is 2.30. The molecule has 1 aliphatic heterocycles. The van der Waals surface area contributed by atoms with Crippen molar-refractivity contribution in [1.82, 2.24) is 0 Å². The van der Waals surface area contributed by atoms with E-state index in [2.05, 4.69) is 31.2 Å². The smallest absolute Gasteiger partial charge is 0.129 e. The van der Waals surface area contributed by atoms with E-state index in [0.717, 1.165) is 19.4 Å². The third kappa shape index (κ3) is 4.02. The van der Waals surface area contributed by atoms with E-state index in [4.69, 9.17) is 4.74 Å². The second-order valence-corrected chi connectivity index (χ2v) is 6.93. The van der Waals surface area contributed by atoms with Crippen LogP contribution in [0.5, 0.6) is 0 Å². The SMILES string of the molecule is Cc1c(F)cc(CCc2ccc(C3CCC(C)CO3)cc2)cc1F. The van der Waals surface area contributed by atoms with Crippen LogP contribution in [0.2, 0.25) is 0 Å². The first-order valence-corrected chi connectivity index (χ1v) is 8.68.